The van der Waals surface area contributed by atoms with Gasteiger partial charge in [0, 0.05) is 11.1 Å². The Morgan fingerprint density at radius 2 is 0.697 bits per heavy atom. The first-order valence-electron chi connectivity index (χ1n) is 11.0. The molecular formula is C29H24ClN3. The van der Waals surface area contributed by atoms with Gasteiger partial charge in [0.15, 0.2) is 11.6 Å². The van der Waals surface area contributed by atoms with Crippen molar-refractivity contribution < 1.29 is 0 Å². The summed E-state index contributed by atoms with van der Waals surface area (Å²) in [7, 11) is 0. The van der Waals surface area contributed by atoms with Crippen LogP contribution in [0.1, 0.15) is 13.8 Å². The van der Waals surface area contributed by atoms with E-state index >= 15 is 0 Å². The number of hydrogen-bond acceptors (Lipinski definition) is 3. The van der Waals surface area contributed by atoms with E-state index in [2.05, 4.69) is 63.5 Å². The van der Waals surface area contributed by atoms with Gasteiger partial charge in [0.2, 0.25) is 5.28 Å². The van der Waals surface area contributed by atoms with Crippen LogP contribution in [0.2, 0.25) is 5.28 Å². The molecule has 0 spiro atoms. The van der Waals surface area contributed by atoms with Crippen molar-refractivity contribution in [2.45, 2.75) is 13.8 Å². The summed E-state index contributed by atoms with van der Waals surface area (Å²) >= 11 is 6.24. The van der Waals surface area contributed by atoms with Crippen LogP contribution in [0.15, 0.2) is 109 Å². The smallest absolute Gasteiger partial charge is 0.208 e. The van der Waals surface area contributed by atoms with Crippen LogP contribution < -0.4 is 0 Å². The maximum atomic E-state index is 6.24. The van der Waals surface area contributed by atoms with Crippen molar-refractivity contribution in [3.8, 4) is 45.0 Å². The van der Waals surface area contributed by atoms with E-state index in [0.717, 1.165) is 22.3 Å². The molecule has 0 bridgehead atoms. The van der Waals surface area contributed by atoms with E-state index in [-0.39, 0.29) is 5.28 Å². The third-order valence-corrected chi connectivity index (χ3v) is 5.28. The molecule has 0 radical (unpaired) electrons. The van der Waals surface area contributed by atoms with E-state index in [1.807, 2.05) is 74.5 Å². The first-order valence-corrected chi connectivity index (χ1v) is 11.4. The fourth-order valence-corrected chi connectivity index (χ4v) is 3.65. The molecule has 0 aliphatic carbocycles. The lowest BCUT2D eigenvalue weighted by Gasteiger charge is -2.07. The molecule has 0 aliphatic rings. The van der Waals surface area contributed by atoms with E-state index < -0.39 is 0 Å². The van der Waals surface area contributed by atoms with Crippen molar-refractivity contribution in [1.82, 2.24) is 15.0 Å². The molecule has 0 unspecified atom stereocenters. The highest BCUT2D eigenvalue weighted by Crippen LogP contribution is 2.27. The first-order chi connectivity index (χ1) is 16.3. The molecule has 0 atom stereocenters. The predicted molar refractivity (Wildman–Crippen MR) is 138 cm³/mol. The highest BCUT2D eigenvalue weighted by molar-refractivity contribution is 6.28. The number of benzene rings is 4. The third kappa shape index (κ3) is 5.33. The van der Waals surface area contributed by atoms with Crippen molar-refractivity contribution in [2.75, 3.05) is 0 Å². The van der Waals surface area contributed by atoms with Gasteiger partial charge in [0.25, 0.3) is 0 Å². The van der Waals surface area contributed by atoms with Gasteiger partial charge in [-0.25, -0.2) is 4.98 Å². The Kier molecular flexibility index (Phi) is 7.23. The summed E-state index contributed by atoms with van der Waals surface area (Å²) in [5.74, 6) is 1.11. The Bertz CT molecular complexity index is 1200. The van der Waals surface area contributed by atoms with Gasteiger partial charge in [-0.2, -0.15) is 9.97 Å². The van der Waals surface area contributed by atoms with E-state index in [9.17, 15) is 0 Å². The van der Waals surface area contributed by atoms with Crippen LogP contribution in [0.25, 0.3) is 45.0 Å². The molecule has 33 heavy (non-hydrogen) atoms. The summed E-state index contributed by atoms with van der Waals surface area (Å²) in [6, 6.07) is 36.8. The van der Waals surface area contributed by atoms with E-state index in [1.54, 1.807) is 0 Å². The van der Waals surface area contributed by atoms with Crippen LogP contribution in [0.4, 0.5) is 0 Å². The van der Waals surface area contributed by atoms with Gasteiger partial charge in [0.05, 0.1) is 0 Å². The average Bonchev–Trinajstić information content (AvgIpc) is 2.91. The van der Waals surface area contributed by atoms with Crippen LogP contribution in [0.5, 0.6) is 0 Å². The Morgan fingerprint density at radius 1 is 0.394 bits per heavy atom. The van der Waals surface area contributed by atoms with Crippen LogP contribution >= 0.6 is 11.6 Å². The second-order valence-corrected chi connectivity index (χ2v) is 7.48. The summed E-state index contributed by atoms with van der Waals surface area (Å²) in [5.41, 5.74) is 6.41. The van der Waals surface area contributed by atoms with Crippen LogP contribution in [-0.4, -0.2) is 15.0 Å². The van der Waals surface area contributed by atoms with Crippen molar-refractivity contribution >= 4 is 11.6 Å². The largest absolute Gasteiger partial charge is 0.226 e. The van der Waals surface area contributed by atoms with Crippen molar-refractivity contribution in [1.29, 1.82) is 0 Å². The maximum Gasteiger partial charge on any atom is 0.226 e. The summed E-state index contributed by atoms with van der Waals surface area (Å²) in [6.45, 7) is 4.00. The molecular weight excluding hydrogens is 426 g/mol. The Labute approximate surface area is 199 Å². The SMILES string of the molecule is CC.Clc1nc(-c2ccc(-c3ccccc3)cc2)nc(-c2ccc(-c3ccccc3)cc2)n1. The molecule has 0 aliphatic heterocycles. The Morgan fingerprint density at radius 3 is 1.06 bits per heavy atom. The average molecular weight is 450 g/mol. The first kappa shape index (κ1) is 22.4. The van der Waals surface area contributed by atoms with Gasteiger partial charge < -0.3 is 0 Å². The van der Waals surface area contributed by atoms with E-state index in [1.165, 1.54) is 11.1 Å². The molecule has 5 rings (SSSR count). The Hall–Kier alpha value is -3.82. The summed E-state index contributed by atoms with van der Waals surface area (Å²) in [4.78, 5) is 13.4. The minimum atomic E-state index is 0.180. The van der Waals surface area contributed by atoms with Crippen LogP contribution in [0, 0.1) is 0 Å². The lowest BCUT2D eigenvalue weighted by Crippen LogP contribution is -1.97. The zero-order chi connectivity index (χ0) is 23.0. The summed E-state index contributed by atoms with van der Waals surface area (Å²) in [6.07, 6.45) is 0. The lowest BCUT2D eigenvalue weighted by atomic mass is 10.0. The lowest BCUT2D eigenvalue weighted by molar-refractivity contribution is 1.07. The normalized spacial score (nSPS) is 10.3. The highest BCUT2D eigenvalue weighted by Gasteiger charge is 2.10. The molecule has 162 valence electrons. The standard InChI is InChI=1S/C27H18ClN3.C2H6/c28-27-30-25(23-15-11-21(12-16-23)19-7-3-1-4-8-19)29-26(31-27)24-17-13-22(14-18-24)20-9-5-2-6-10-20;1-2/h1-18H;1-2H3. The zero-order valence-corrected chi connectivity index (χ0v) is 19.4. The minimum Gasteiger partial charge on any atom is -0.208 e. The molecule has 0 N–H and O–H groups in total. The van der Waals surface area contributed by atoms with Gasteiger partial charge in [0.1, 0.15) is 0 Å². The molecule has 0 fully saturated rings. The van der Waals surface area contributed by atoms with Gasteiger partial charge in [-0.05, 0) is 33.9 Å². The van der Waals surface area contributed by atoms with Gasteiger partial charge in [-0.1, -0.05) is 123 Å². The third-order valence-electron chi connectivity index (χ3n) is 5.11. The molecule has 3 nitrogen and oxygen atoms in total. The molecule has 0 saturated heterocycles. The number of nitrogens with zero attached hydrogens (tertiary/aromatic N) is 3. The topological polar surface area (TPSA) is 38.7 Å². The fraction of sp³-hybridized carbons (Fsp3) is 0.0690. The molecule has 1 aromatic heterocycles. The Balaban J connectivity index is 0.00000126. The summed E-state index contributed by atoms with van der Waals surface area (Å²) in [5, 5.41) is 0.180. The van der Waals surface area contributed by atoms with E-state index in [0.29, 0.717) is 11.6 Å². The van der Waals surface area contributed by atoms with Crippen molar-refractivity contribution in [3.05, 3.63) is 114 Å². The molecule has 1 heterocycles. The monoisotopic (exact) mass is 449 g/mol. The highest BCUT2D eigenvalue weighted by atomic mass is 35.5. The quantitative estimate of drug-likeness (QED) is 0.277. The van der Waals surface area contributed by atoms with Crippen molar-refractivity contribution in [2.24, 2.45) is 0 Å². The number of rotatable bonds is 4. The second-order valence-electron chi connectivity index (χ2n) is 7.14. The van der Waals surface area contributed by atoms with Crippen molar-refractivity contribution in [3.63, 3.8) is 0 Å². The van der Waals surface area contributed by atoms with Crippen LogP contribution in [0.3, 0.4) is 0 Å². The molecule has 4 aromatic carbocycles. The van der Waals surface area contributed by atoms with Gasteiger partial charge in [-0.15, -0.1) is 0 Å². The number of hydrogen-bond donors (Lipinski definition) is 0. The minimum absolute atomic E-state index is 0.180. The van der Waals surface area contributed by atoms with E-state index in [4.69, 9.17) is 11.6 Å². The second kappa shape index (κ2) is 10.7. The molecule has 5 aromatic rings. The van der Waals surface area contributed by atoms with Gasteiger partial charge >= 0.3 is 0 Å². The maximum absolute atomic E-state index is 6.24. The number of aromatic nitrogens is 3. The molecule has 4 heteroatoms. The predicted octanol–water partition coefficient (Wildman–Crippen LogP) is 8.22. The summed E-state index contributed by atoms with van der Waals surface area (Å²) < 4.78 is 0. The zero-order valence-electron chi connectivity index (χ0n) is 18.6. The van der Waals surface area contributed by atoms with Gasteiger partial charge in [-0.3, -0.25) is 0 Å². The van der Waals surface area contributed by atoms with Crippen LogP contribution in [-0.2, 0) is 0 Å². The molecule has 0 saturated carbocycles. The fourth-order valence-electron chi connectivity index (χ4n) is 3.49. The molecule has 0 amide bonds. The number of halogens is 1.